The Kier molecular flexibility index (Phi) is 5.40. The average Bonchev–Trinajstić information content (AvgIpc) is 2.74. The number of anilines is 1. The first-order chi connectivity index (χ1) is 14.1. The van der Waals surface area contributed by atoms with Crippen molar-refractivity contribution in [2.45, 2.75) is 13.5 Å². The quantitative estimate of drug-likeness (QED) is 0.715. The van der Waals surface area contributed by atoms with Gasteiger partial charge in [-0.15, -0.1) is 0 Å². The summed E-state index contributed by atoms with van der Waals surface area (Å²) in [6.45, 7) is 6.49. The maximum absolute atomic E-state index is 12.8. The molecule has 1 aliphatic heterocycles. The van der Waals surface area contributed by atoms with E-state index in [1.807, 2.05) is 37.3 Å². The fourth-order valence-electron chi connectivity index (χ4n) is 3.91. The highest BCUT2D eigenvalue weighted by atomic mass is 16.5. The van der Waals surface area contributed by atoms with Crippen LogP contribution in [0, 0.1) is 6.92 Å². The molecule has 7 nitrogen and oxygen atoms in total. The van der Waals surface area contributed by atoms with Gasteiger partial charge in [-0.25, -0.2) is 4.79 Å². The number of aromatic amines is 1. The van der Waals surface area contributed by atoms with Crippen LogP contribution in [0.1, 0.15) is 5.56 Å². The molecule has 29 heavy (non-hydrogen) atoms. The van der Waals surface area contributed by atoms with Gasteiger partial charge in [0, 0.05) is 39.3 Å². The molecule has 1 aromatic heterocycles. The average molecular weight is 394 g/mol. The fraction of sp³-hybridized carbons (Fsp3) is 0.364. The first-order valence-electron chi connectivity index (χ1n) is 9.90. The molecule has 0 unspecified atom stereocenters. The van der Waals surface area contributed by atoms with Crippen molar-refractivity contribution in [1.29, 1.82) is 0 Å². The van der Waals surface area contributed by atoms with Crippen molar-refractivity contribution >= 4 is 16.6 Å². The molecule has 0 aliphatic carbocycles. The van der Waals surface area contributed by atoms with E-state index < -0.39 is 0 Å². The lowest BCUT2D eigenvalue weighted by atomic mass is 10.2. The predicted molar refractivity (Wildman–Crippen MR) is 115 cm³/mol. The molecule has 0 bridgehead atoms. The number of H-pyrrole nitrogens is 1. The van der Waals surface area contributed by atoms with Gasteiger partial charge in [0.15, 0.2) is 0 Å². The van der Waals surface area contributed by atoms with Gasteiger partial charge in [0.05, 0.1) is 23.7 Å². The van der Waals surface area contributed by atoms with E-state index >= 15 is 0 Å². The first-order valence-corrected chi connectivity index (χ1v) is 9.90. The summed E-state index contributed by atoms with van der Waals surface area (Å²) in [6, 6.07) is 13.5. The monoisotopic (exact) mass is 394 g/mol. The Bertz CT molecular complexity index is 1130. The zero-order chi connectivity index (χ0) is 20.4. The number of aromatic nitrogens is 2. The van der Waals surface area contributed by atoms with Crippen molar-refractivity contribution in [3.8, 4) is 5.75 Å². The molecule has 0 radical (unpaired) electrons. The smallest absolute Gasteiger partial charge is 0.328 e. The molecule has 3 aromatic rings. The van der Waals surface area contributed by atoms with Gasteiger partial charge in [-0.05, 0) is 31.2 Å². The molecule has 1 N–H and O–H groups in total. The summed E-state index contributed by atoms with van der Waals surface area (Å²) in [5, 5.41) is 0.561. The number of ether oxygens (including phenoxy) is 1. The van der Waals surface area contributed by atoms with E-state index in [4.69, 9.17) is 4.74 Å². The summed E-state index contributed by atoms with van der Waals surface area (Å²) >= 11 is 0. The van der Waals surface area contributed by atoms with Gasteiger partial charge in [0.1, 0.15) is 5.75 Å². The number of rotatable bonds is 5. The molecule has 2 heterocycles. The number of hydrogen-bond donors (Lipinski definition) is 1. The van der Waals surface area contributed by atoms with Crippen LogP contribution in [0.4, 0.5) is 5.69 Å². The second-order valence-electron chi connectivity index (χ2n) is 7.44. The normalized spacial score (nSPS) is 15.0. The molecule has 0 spiro atoms. The number of methoxy groups -OCH3 is 1. The Labute approximate surface area is 169 Å². The highest BCUT2D eigenvalue weighted by Gasteiger charge is 2.19. The SMILES string of the molecule is COc1ccccc1N1CCN(CCn2c(=O)[nH]c3ccc(C)cc3c2=O)CC1. The Balaban J connectivity index is 1.43. The van der Waals surface area contributed by atoms with Crippen molar-refractivity contribution in [3.05, 3.63) is 68.9 Å². The van der Waals surface area contributed by atoms with Crippen LogP contribution in [0.25, 0.3) is 10.9 Å². The van der Waals surface area contributed by atoms with Crippen molar-refractivity contribution in [3.63, 3.8) is 0 Å². The summed E-state index contributed by atoms with van der Waals surface area (Å²) in [7, 11) is 1.69. The number of hydrogen-bond acceptors (Lipinski definition) is 5. The molecule has 7 heteroatoms. The van der Waals surface area contributed by atoms with Crippen LogP contribution in [-0.2, 0) is 6.54 Å². The van der Waals surface area contributed by atoms with Crippen LogP contribution in [0.15, 0.2) is 52.1 Å². The standard InChI is InChI=1S/C22H26N4O3/c1-16-7-8-18-17(15-16)21(27)26(22(28)23-18)14-11-24-9-12-25(13-10-24)19-5-3-4-6-20(19)29-2/h3-8,15H,9-14H2,1-2H3,(H,23,28). The van der Waals surface area contributed by atoms with Crippen LogP contribution < -0.4 is 20.9 Å². The maximum atomic E-state index is 12.8. The third-order valence-corrected chi connectivity index (χ3v) is 5.58. The van der Waals surface area contributed by atoms with Crippen LogP contribution in [0.5, 0.6) is 5.75 Å². The Hall–Kier alpha value is -3.06. The largest absolute Gasteiger partial charge is 0.495 e. The third kappa shape index (κ3) is 3.91. The van der Waals surface area contributed by atoms with Gasteiger partial charge >= 0.3 is 5.69 Å². The van der Waals surface area contributed by atoms with Crippen LogP contribution in [-0.4, -0.2) is 54.3 Å². The third-order valence-electron chi connectivity index (χ3n) is 5.58. The van der Waals surface area contributed by atoms with Crippen molar-refractivity contribution in [2.24, 2.45) is 0 Å². The molecule has 1 saturated heterocycles. The fourth-order valence-corrected chi connectivity index (χ4v) is 3.91. The topological polar surface area (TPSA) is 70.6 Å². The number of para-hydroxylation sites is 2. The molecule has 152 valence electrons. The van der Waals surface area contributed by atoms with Gasteiger partial charge in [-0.3, -0.25) is 14.3 Å². The number of fused-ring (bicyclic) bond motifs is 1. The van der Waals surface area contributed by atoms with E-state index in [1.54, 1.807) is 13.2 Å². The Morgan fingerprint density at radius 1 is 1.00 bits per heavy atom. The van der Waals surface area contributed by atoms with Crippen LogP contribution in [0.3, 0.4) is 0 Å². The van der Waals surface area contributed by atoms with Crippen molar-refractivity contribution < 1.29 is 4.74 Å². The van der Waals surface area contributed by atoms with E-state index in [9.17, 15) is 9.59 Å². The van der Waals surface area contributed by atoms with E-state index in [1.165, 1.54) is 4.57 Å². The van der Waals surface area contributed by atoms with Crippen LogP contribution in [0.2, 0.25) is 0 Å². The summed E-state index contributed by atoms with van der Waals surface area (Å²) in [5.74, 6) is 0.880. The second-order valence-corrected chi connectivity index (χ2v) is 7.44. The Morgan fingerprint density at radius 2 is 1.76 bits per heavy atom. The number of benzene rings is 2. The van der Waals surface area contributed by atoms with E-state index in [2.05, 4.69) is 20.9 Å². The van der Waals surface area contributed by atoms with Gasteiger partial charge < -0.3 is 14.6 Å². The number of aryl methyl sites for hydroxylation is 1. The molecule has 0 atom stereocenters. The highest BCUT2D eigenvalue weighted by Crippen LogP contribution is 2.28. The van der Waals surface area contributed by atoms with E-state index in [0.29, 0.717) is 24.0 Å². The molecule has 2 aromatic carbocycles. The Morgan fingerprint density at radius 3 is 2.52 bits per heavy atom. The zero-order valence-corrected chi connectivity index (χ0v) is 16.9. The number of nitrogens with zero attached hydrogens (tertiary/aromatic N) is 3. The molecule has 1 fully saturated rings. The molecule has 0 saturated carbocycles. The zero-order valence-electron chi connectivity index (χ0n) is 16.9. The molecule has 1 aliphatic rings. The minimum absolute atomic E-state index is 0.222. The highest BCUT2D eigenvalue weighted by molar-refractivity contribution is 5.77. The van der Waals surface area contributed by atoms with Gasteiger partial charge in [0.25, 0.3) is 5.56 Å². The lowest BCUT2D eigenvalue weighted by Crippen LogP contribution is -2.48. The van der Waals surface area contributed by atoms with Crippen molar-refractivity contribution in [1.82, 2.24) is 14.5 Å². The summed E-state index contributed by atoms with van der Waals surface area (Å²) in [5.41, 5.74) is 2.12. The second kappa shape index (κ2) is 8.13. The number of piperazine rings is 1. The van der Waals surface area contributed by atoms with E-state index in [0.717, 1.165) is 43.2 Å². The molecular weight excluding hydrogens is 368 g/mol. The van der Waals surface area contributed by atoms with Gasteiger partial charge in [-0.2, -0.15) is 0 Å². The summed E-state index contributed by atoms with van der Waals surface area (Å²) < 4.78 is 6.78. The summed E-state index contributed by atoms with van der Waals surface area (Å²) in [4.78, 5) is 32.6. The van der Waals surface area contributed by atoms with Crippen LogP contribution >= 0.6 is 0 Å². The maximum Gasteiger partial charge on any atom is 0.328 e. The van der Waals surface area contributed by atoms with Crippen molar-refractivity contribution in [2.75, 3.05) is 44.7 Å². The first kappa shape index (κ1) is 19.3. The summed E-state index contributed by atoms with van der Waals surface area (Å²) in [6.07, 6.45) is 0. The molecule has 4 rings (SSSR count). The predicted octanol–water partition coefficient (Wildman–Crippen LogP) is 1.83. The van der Waals surface area contributed by atoms with E-state index in [-0.39, 0.29) is 11.2 Å². The lowest BCUT2D eigenvalue weighted by molar-refractivity contribution is 0.245. The van der Waals surface area contributed by atoms with Gasteiger partial charge in [-0.1, -0.05) is 23.8 Å². The molecular formula is C22H26N4O3. The minimum Gasteiger partial charge on any atom is -0.495 e. The lowest BCUT2D eigenvalue weighted by Gasteiger charge is -2.36. The van der Waals surface area contributed by atoms with Gasteiger partial charge in [0.2, 0.25) is 0 Å². The number of nitrogens with one attached hydrogen (secondary N) is 1. The minimum atomic E-state index is -0.348. The molecule has 0 amide bonds.